The van der Waals surface area contributed by atoms with E-state index in [4.69, 9.17) is 23.7 Å². The highest BCUT2D eigenvalue weighted by Gasteiger charge is 2.44. The first-order valence-electron chi connectivity index (χ1n) is 16.2. The molecule has 1 unspecified atom stereocenters. The number of nitrogens with zero attached hydrogens (tertiary/aromatic N) is 1. The lowest BCUT2D eigenvalue weighted by atomic mass is 9.76. The third-order valence-electron chi connectivity index (χ3n) is 10.2. The Balaban J connectivity index is 1.36. The van der Waals surface area contributed by atoms with Gasteiger partial charge in [-0.25, -0.2) is 0 Å². The van der Waals surface area contributed by atoms with Crippen molar-refractivity contribution in [2.45, 2.75) is 24.9 Å². The maximum Gasteiger partial charge on any atom is 0.178 e. The summed E-state index contributed by atoms with van der Waals surface area (Å²) in [6, 6.07) is 29.8. The van der Waals surface area contributed by atoms with Crippen LogP contribution in [0.5, 0.6) is 23.0 Å². The summed E-state index contributed by atoms with van der Waals surface area (Å²) in [4.78, 5) is 2.37. The van der Waals surface area contributed by atoms with Crippen LogP contribution in [0.25, 0.3) is 28.0 Å². The van der Waals surface area contributed by atoms with Crippen LogP contribution >= 0.6 is 0 Å². The van der Waals surface area contributed by atoms with Crippen LogP contribution < -0.4 is 23.8 Å². The molecular formula is C41H39NO5. The molecule has 5 aromatic rings. The van der Waals surface area contributed by atoms with Crippen LogP contribution in [0, 0.1) is 0 Å². The Morgan fingerprint density at radius 2 is 1.30 bits per heavy atom. The summed E-state index contributed by atoms with van der Waals surface area (Å²) in [6.45, 7) is 7.86. The van der Waals surface area contributed by atoms with Crippen LogP contribution in [0.15, 0.2) is 91.0 Å². The molecule has 0 spiro atoms. The van der Waals surface area contributed by atoms with Crippen LogP contribution in [-0.4, -0.2) is 47.6 Å². The van der Waals surface area contributed by atoms with Gasteiger partial charge in [-0.3, -0.25) is 0 Å². The fourth-order valence-electron chi connectivity index (χ4n) is 7.75. The molecule has 1 saturated heterocycles. The second kappa shape index (κ2) is 11.1. The van der Waals surface area contributed by atoms with E-state index < -0.39 is 5.60 Å². The summed E-state index contributed by atoms with van der Waals surface area (Å²) in [7, 11) is 5.13. The number of hydrogen-bond donors (Lipinski definition) is 0. The summed E-state index contributed by atoms with van der Waals surface area (Å²) in [6.07, 6.45) is 4.51. The van der Waals surface area contributed by atoms with Crippen LogP contribution in [0.4, 0.5) is 5.69 Å². The van der Waals surface area contributed by atoms with Crippen molar-refractivity contribution in [2.24, 2.45) is 0 Å². The van der Waals surface area contributed by atoms with Crippen molar-refractivity contribution >= 4 is 22.5 Å². The van der Waals surface area contributed by atoms with Gasteiger partial charge < -0.3 is 28.6 Å². The minimum atomic E-state index is -0.883. The van der Waals surface area contributed by atoms with Crippen molar-refractivity contribution in [1.29, 1.82) is 0 Å². The molecule has 0 amide bonds. The molecule has 1 fully saturated rings. The van der Waals surface area contributed by atoms with Gasteiger partial charge in [-0.05, 0) is 88.3 Å². The standard InChI is InChI=1S/C41H39NO5/c1-40(2)36-25-31(45-5)15-17-33(36)37-32-16-14-30(44-4)24-35(32)39-34(38(37)40)18-19-41(47-39,27-8-12-29(43-3)13-9-27)26-6-10-28(11-7-26)42-20-22-46-23-21-42/h6-19,24-25H,20-23H2,1-5H3. The predicted molar refractivity (Wildman–Crippen MR) is 188 cm³/mol. The summed E-state index contributed by atoms with van der Waals surface area (Å²) in [5.74, 6) is 3.29. The maximum atomic E-state index is 7.48. The fourth-order valence-corrected chi connectivity index (χ4v) is 7.75. The smallest absolute Gasteiger partial charge is 0.178 e. The molecule has 1 atom stereocenters. The minimum Gasteiger partial charge on any atom is -0.497 e. The summed E-state index contributed by atoms with van der Waals surface area (Å²) in [5, 5.41) is 2.16. The van der Waals surface area contributed by atoms with E-state index in [2.05, 4.69) is 97.6 Å². The molecule has 0 saturated carbocycles. The molecule has 0 bridgehead atoms. The van der Waals surface area contributed by atoms with Crippen LogP contribution in [0.2, 0.25) is 0 Å². The molecule has 47 heavy (non-hydrogen) atoms. The number of morpholine rings is 1. The highest BCUT2D eigenvalue weighted by Crippen LogP contribution is 2.58. The Bertz CT molecular complexity index is 2020. The zero-order valence-corrected chi connectivity index (χ0v) is 27.6. The monoisotopic (exact) mass is 625 g/mol. The van der Waals surface area contributed by atoms with E-state index in [1.54, 1.807) is 21.3 Å². The van der Waals surface area contributed by atoms with Gasteiger partial charge in [-0.2, -0.15) is 0 Å². The lowest BCUT2D eigenvalue weighted by molar-refractivity contribution is 0.122. The van der Waals surface area contributed by atoms with Gasteiger partial charge in [0.15, 0.2) is 5.60 Å². The van der Waals surface area contributed by atoms with Gasteiger partial charge >= 0.3 is 0 Å². The van der Waals surface area contributed by atoms with Gasteiger partial charge in [-0.15, -0.1) is 0 Å². The van der Waals surface area contributed by atoms with Gasteiger partial charge in [0.2, 0.25) is 0 Å². The number of ether oxygens (including phenoxy) is 5. The summed E-state index contributed by atoms with van der Waals surface area (Å²) >= 11 is 0. The van der Waals surface area contributed by atoms with Crippen molar-refractivity contribution in [3.63, 3.8) is 0 Å². The van der Waals surface area contributed by atoms with Gasteiger partial charge in [0.1, 0.15) is 23.0 Å². The zero-order valence-electron chi connectivity index (χ0n) is 27.6. The highest BCUT2D eigenvalue weighted by atomic mass is 16.5. The van der Waals surface area contributed by atoms with Crippen molar-refractivity contribution in [2.75, 3.05) is 52.5 Å². The molecule has 3 aliphatic rings. The normalized spacial score (nSPS) is 19.0. The van der Waals surface area contributed by atoms with Gasteiger partial charge in [-0.1, -0.05) is 50.3 Å². The molecule has 238 valence electrons. The fraction of sp³-hybridized carbons (Fsp3) is 0.268. The first-order valence-corrected chi connectivity index (χ1v) is 16.2. The van der Waals surface area contributed by atoms with Crippen LogP contribution in [-0.2, 0) is 15.8 Å². The molecule has 1 aliphatic carbocycles. The number of methoxy groups -OCH3 is 3. The third kappa shape index (κ3) is 4.49. The van der Waals surface area contributed by atoms with Gasteiger partial charge in [0.25, 0.3) is 0 Å². The average molecular weight is 626 g/mol. The average Bonchev–Trinajstić information content (AvgIpc) is 3.37. The number of fused-ring (bicyclic) bond motifs is 8. The van der Waals surface area contributed by atoms with Crippen LogP contribution in [0.1, 0.15) is 41.7 Å². The molecule has 0 radical (unpaired) electrons. The van der Waals surface area contributed by atoms with Crippen molar-refractivity contribution in [3.05, 3.63) is 119 Å². The molecule has 0 aromatic heterocycles. The van der Waals surface area contributed by atoms with E-state index in [1.165, 1.54) is 27.9 Å². The van der Waals surface area contributed by atoms with E-state index in [-0.39, 0.29) is 5.41 Å². The lowest BCUT2D eigenvalue weighted by Crippen LogP contribution is -2.37. The predicted octanol–water partition coefficient (Wildman–Crippen LogP) is 8.36. The van der Waals surface area contributed by atoms with Crippen molar-refractivity contribution in [1.82, 2.24) is 0 Å². The zero-order chi connectivity index (χ0) is 32.3. The summed E-state index contributed by atoms with van der Waals surface area (Å²) in [5.41, 5.74) is 8.14. The third-order valence-corrected chi connectivity index (χ3v) is 10.2. The topological polar surface area (TPSA) is 49.4 Å². The first-order chi connectivity index (χ1) is 22.9. The second-order valence-corrected chi connectivity index (χ2v) is 13.0. The van der Waals surface area contributed by atoms with Crippen molar-refractivity contribution < 1.29 is 23.7 Å². The van der Waals surface area contributed by atoms with E-state index in [0.29, 0.717) is 0 Å². The SMILES string of the molecule is COc1ccc(C2(c3ccc(N4CCOCC4)cc3)C=Cc3c4c(c5ccc(OC)cc5c3O2)-c2ccc(OC)cc2C4(C)C)cc1. The first kappa shape index (κ1) is 29.5. The minimum absolute atomic E-state index is 0.287. The quantitative estimate of drug-likeness (QED) is 0.189. The van der Waals surface area contributed by atoms with E-state index in [0.717, 1.165) is 76.8 Å². The maximum absolute atomic E-state index is 7.48. The largest absolute Gasteiger partial charge is 0.497 e. The molecule has 8 rings (SSSR count). The lowest BCUT2D eigenvalue weighted by Gasteiger charge is -2.39. The number of benzene rings is 5. The molecule has 0 N–H and O–H groups in total. The molecule has 2 heterocycles. The van der Waals surface area contributed by atoms with E-state index in [1.807, 2.05) is 18.2 Å². The number of hydrogen-bond acceptors (Lipinski definition) is 6. The summed E-state index contributed by atoms with van der Waals surface area (Å²) < 4.78 is 30.1. The van der Waals surface area contributed by atoms with Gasteiger partial charge in [0.05, 0.1) is 34.5 Å². The number of rotatable bonds is 6. The highest BCUT2D eigenvalue weighted by molar-refractivity contribution is 6.09. The molecule has 2 aliphatic heterocycles. The van der Waals surface area contributed by atoms with E-state index >= 15 is 0 Å². The molecule has 5 aromatic carbocycles. The van der Waals surface area contributed by atoms with Crippen molar-refractivity contribution in [3.8, 4) is 34.1 Å². The Hall–Kier alpha value is -4.94. The van der Waals surface area contributed by atoms with Gasteiger partial charge in [0, 0.05) is 46.3 Å². The second-order valence-electron chi connectivity index (χ2n) is 13.0. The van der Waals surface area contributed by atoms with Crippen LogP contribution in [0.3, 0.4) is 0 Å². The number of anilines is 1. The van der Waals surface area contributed by atoms with E-state index in [9.17, 15) is 0 Å². The molecule has 6 heteroatoms. The Morgan fingerprint density at radius 1 is 0.681 bits per heavy atom. The molecule has 6 nitrogen and oxygen atoms in total. The Kier molecular flexibility index (Phi) is 6.96. The molecular weight excluding hydrogens is 586 g/mol. The Morgan fingerprint density at radius 3 is 1.98 bits per heavy atom. The Labute approximate surface area is 276 Å².